The average molecular weight is 260 g/mol. The third-order valence-electron chi connectivity index (χ3n) is 2.55. The first-order valence-electron chi connectivity index (χ1n) is 5.83. The lowest BCUT2D eigenvalue weighted by Gasteiger charge is -2.17. The van der Waals surface area contributed by atoms with Crippen LogP contribution < -0.4 is 11.1 Å². The molecule has 7 heteroatoms. The van der Waals surface area contributed by atoms with Gasteiger partial charge in [-0.15, -0.1) is 0 Å². The molecular formula is C11H20N2O5. The molecule has 0 bridgehead atoms. The van der Waals surface area contributed by atoms with Crippen molar-refractivity contribution in [2.45, 2.75) is 38.6 Å². The maximum atomic E-state index is 11.6. The van der Waals surface area contributed by atoms with Crippen LogP contribution in [0.15, 0.2) is 0 Å². The minimum Gasteiger partial charge on any atom is -0.481 e. The summed E-state index contributed by atoms with van der Waals surface area (Å²) in [6.07, 6.45) is 0.837. The first-order chi connectivity index (χ1) is 8.38. The molecule has 1 unspecified atom stereocenters. The Labute approximate surface area is 105 Å². The van der Waals surface area contributed by atoms with Crippen molar-refractivity contribution in [1.29, 1.82) is 0 Å². The Morgan fingerprint density at radius 3 is 2.28 bits per heavy atom. The second kappa shape index (κ2) is 8.46. The zero-order valence-electron chi connectivity index (χ0n) is 10.4. The molecule has 0 saturated heterocycles. The van der Waals surface area contributed by atoms with Crippen LogP contribution in [0.3, 0.4) is 0 Å². The molecule has 0 aromatic carbocycles. The summed E-state index contributed by atoms with van der Waals surface area (Å²) in [4.78, 5) is 32.9. The van der Waals surface area contributed by atoms with Gasteiger partial charge in [0.05, 0.1) is 0 Å². The van der Waals surface area contributed by atoms with Crippen LogP contribution in [-0.4, -0.2) is 40.6 Å². The molecular weight excluding hydrogens is 240 g/mol. The largest absolute Gasteiger partial charge is 0.481 e. The first-order valence-corrected chi connectivity index (χ1v) is 5.83. The van der Waals surface area contributed by atoms with E-state index in [9.17, 15) is 14.4 Å². The van der Waals surface area contributed by atoms with E-state index in [2.05, 4.69) is 5.32 Å². The van der Waals surface area contributed by atoms with E-state index in [0.717, 1.165) is 0 Å². The van der Waals surface area contributed by atoms with Crippen LogP contribution in [0.25, 0.3) is 0 Å². The number of nitrogens with one attached hydrogen (secondary N) is 1. The SMILES string of the molecule is CC(CCCN)C(=O)N[C@@H](CCC(=O)O)C(=O)O. The van der Waals surface area contributed by atoms with Crippen molar-refractivity contribution in [2.24, 2.45) is 11.7 Å². The number of rotatable bonds is 9. The molecule has 0 spiro atoms. The Morgan fingerprint density at radius 1 is 1.22 bits per heavy atom. The molecule has 0 rings (SSSR count). The van der Waals surface area contributed by atoms with Crippen LogP contribution in [0.1, 0.15) is 32.6 Å². The average Bonchev–Trinajstić information content (AvgIpc) is 2.30. The number of carbonyl (C=O) groups is 3. The van der Waals surface area contributed by atoms with Crippen LogP contribution in [-0.2, 0) is 14.4 Å². The molecule has 18 heavy (non-hydrogen) atoms. The molecule has 0 aromatic rings. The second-order valence-electron chi connectivity index (χ2n) is 4.16. The van der Waals surface area contributed by atoms with E-state index in [-0.39, 0.29) is 24.7 Å². The molecule has 1 amide bonds. The summed E-state index contributed by atoms with van der Waals surface area (Å²) in [6.45, 7) is 2.15. The topological polar surface area (TPSA) is 130 Å². The summed E-state index contributed by atoms with van der Waals surface area (Å²) in [6, 6.07) is -1.16. The fourth-order valence-corrected chi connectivity index (χ4v) is 1.39. The molecule has 0 saturated carbocycles. The number of hydrogen-bond acceptors (Lipinski definition) is 4. The van der Waals surface area contributed by atoms with Gasteiger partial charge in [-0.1, -0.05) is 6.92 Å². The van der Waals surface area contributed by atoms with Gasteiger partial charge < -0.3 is 21.3 Å². The van der Waals surface area contributed by atoms with E-state index in [1.165, 1.54) is 0 Å². The fraction of sp³-hybridized carbons (Fsp3) is 0.727. The molecule has 5 N–H and O–H groups in total. The predicted octanol–water partition coefficient (Wildman–Crippen LogP) is -0.204. The Hall–Kier alpha value is -1.63. The second-order valence-corrected chi connectivity index (χ2v) is 4.16. The van der Waals surface area contributed by atoms with E-state index in [1.54, 1.807) is 6.92 Å². The predicted molar refractivity (Wildman–Crippen MR) is 63.9 cm³/mol. The van der Waals surface area contributed by atoms with Crippen LogP contribution in [0.5, 0.6) is 0 Å². The Balaban J connectivity index is 4.26. The third kappa shape index (κ3) is 6.85. The van der Waals surface area contributed by atoms with Gasteiger partial charge in [-0.05, 0) is 25.8 Å². The number of amides is 1. The van der Waals surface area contributed by atoms with Crippen molar-refractivity contribution in [3.8, 4) is 0 Å². The molecule has 0 aliphatic carbocycles. The lowest BCUT2D eigenvalue weighted by molar-refractivity contribution is -0.143. The standard InChI is InChI=1S/C11H20N2O5/c1-7(3-2-6-12)10(16)13-8(11(17)18)4-5-9(14)15/h7-8H,2-6,12H2,1H3,(H,13,16)(H,14,15)(H,17,18)/t7?,8-/m0/s1. The van der Waals surface area contributed by atoms with E-state index >= 15 is 0 Å². The molecule has 7 nitrogen and oxygen atoms in total. The molecule has 104 valence electrons. The number of carboxylic acid groups (broad SMARTS) is 2. The smallest absolute Gasteiger partial charge is 0.326 e. The van der Waals surface area contributed by atoms with Crippen molar-refractivity contribution in [1.82, 2.24) is 5.32 Å². The fourth-order valence-electron chi connectivity index (χ4n) is 1.39. The Kier molecular flexibility index (Phi) is 7.69. The minimum atomic E-state index is -1.23. The maximum absolute atomic E-state index is 11.6. The summed E-state index contributed by atoms with van der Waals surface area (Å²) in [7, 11) is 0. The van der Waals surface area contributed by atoms with Crippen LogP contribution in [0.4, 0.5) is 0 Å². The third-order valence-corrected chi connectivity index (χ3v) is 2.55. The summed E-state index contributed by atoms with van der Waals surface area (Å²) < 4.78 is 0. The van der Waals surface area contributed by atoms with Gasteiger partial charge in [0.2, 0.25) is 5.91 Å². The van der Waals surface area contributed by atoms with Crippen LogP contribution in [0, 0.1) is 5.92 Å². The van der Waals surface area contributed by atoms with Crippen molar-refractivity contribution in [3.05, 3.63) is 0 Å². The van der Waals surface area contributed by atoms with Crippen molar-refractivity contribution < 1.29 is 24.6 Å². The Morgan fingerprint density at radius 2 is 1.83 bits per heavy atom. The first kappa shape index (κ1) is 16.4. The summed E-state index contributed by atoms with van der Waals surface area (Å²) in [5.74, 6) is -3.04. The lowest BCUT2D eigenvalue weighted by Crippen LogP contribution is -2.43. The van der Waals surface area contributed by atoms with Gasteiger partial charge in [0.25, 0.3) is 0 Å². The van der Waals surface area contributed by atoms with Gasteiger partial charge in [-0.25, -0.2) is 4.79 Å². The van der Waals surface area contributed by atoms with Crippen LogP contribution in [0.2, 0.25) is 0 Å². The number of nitrogens with two attached hydrogens (primary N) is 1. The zero-order valence-corrected chi connectivity index (χ0v) is 10.4. The van der Waals surface area contributed by atoms with Gasteiger partial charge in [0, 0.05) is 12.3 Å². The van der Waals surface area contributed by atoms with Gasteiger partial charge in [0.1, 0.15) is 6.04 Å². The maximum Gasteiger partial charge on any atom is 0.326 e. The number of aliphatic carboxylic acids is 2. The lowest BCUT2D eigenvalue weighted by atomic mass is 10.0. The summed E-state index contributed by atoms with van der Waals surface area (Å²) >= 11 is 0. The molecule has 0 radical (unpaired) electrons. The summed E-state index contributed by atoms with van der Waals surface area (Å²) in [5.41, 5.74) is 5.32. The minimum absolute atomic E-state index is 0.125. The molecule has 0 aliphatic rings. The number of hydrogen-bond donors (Lipinski definition) is 4. The quantitative estimate of drug-likeness (QED) is 0.454. The molecule has 0 fully saturated rings. The normalized spacial score (nSPS) is 13.7. The van der Waals surface area contributed by atoms with E-state index in [0.29, 0.717) is 19.4 Å². The molecule has 0 heterocycles. The molecule has 0 aliphatic heterocycles. The molecule has 0 aromatic heterocycles. The zero-order chi connectivity index (χ0) is 14.1. The monoisotopic (exact) mass is 260 g/mol. The van der Waals surface area contributed by atoms with Crippen molar-refractivity contribution in [2.75, 3.05) is 6.54 Å². The van der Waals surface area contributed by atoms with Gasteiger partial charge in [0.15, 0.2) is 0 Å². The highest BCUT2D eigenvalue weighted by Crippen LogP contribution is 2.06. The van der Waals surface area contributed by atoms with Crippen LogP contribution >= 0.6 is 0 Å². The highest BCUT2D eigenvalue weighted by Gasteiger charge is 2.23. The number of carbonyl (C=O) groups excluding carboxylic acids is 1. The van der Waals surface area contributed by atoms with E-state index in [1.807, 2.05) is 0 Å². The van der Waals surface area contributed by atoms with Crippen molar-refractivity contribution >= 4 is 17.8 Å². The summed E-state index contributed by atoms with van der Waals surface area (Å²) in [5, 5.41) is 19.7. The van der Waals surface area contributed by atoms with Gasteiger partial charge in [-0.3, -0.25) is 9.59 Å². The molecule has 2 atom stereocenters. The van der Waals surface area contributed by atoms with Crippen molar-refractivity contribution in [3.63, 3.8) is 0 Å². The Bertz CT molecular complexity index is 306. The highest BCUT2D eigenvalue weighted by molar-refractivity contribution is 5.85. The number of carboxylic acids is 2. The van der Waals surface area contributed by atoms with E-state index in [4.69, 9.17) is 15.9 Å². The van der Waals surface area contributed by atoms with Gasteiger partial charge >= 0.3 is 11.9 Å². The highest BCUT2D eigenvalue weighted by atomic mass is 16.4. The van der Waals surface area contributed by atoms with E-state index < -0.39 is 18.0 Å². The van der Waals surface area contributed by atoms with Gasteiger partial charge in [-0.2, -0.15) is 0 Å².